The van der Waals surface area contributed by atoms with Gasteiger partial charge in [-0.1, -0.05) is 53.2 Å². The molecule has 1 aliphatic heterocycles. The zero-order chi connectivity index (χ0) is 15.3. The van der Waals surface area contributed by atoms with Crippen LogP contribution < -0.4 is 0 Å². The summed E-state index contributed by atoms with van der Waals surface area (Å²) in [6.07, 6.45) is 0. The van der Waals surface area contributed by atoms with Crippen molar-refractivity contribution < 1.29 is 8.42 Å². The molecule has 1 fully saturated rings. The van der Waals surface area contributed by atoms with Gasteiger partial charge in [0, 0.05) is 38.1 Å². The van der Waals surface area contributed by atoms with Crippen LogP contribution in [0.15, 0.2) is 30.3 Å². The van der Waals surface area contributed by atoms with E-state index in [2.05, 4.69) is 20.8 Å². The van der Waals surface area contributed by atoms with Crippen molar-refractivity contribution in [2.45, 2.75) is 12.8 Å². The van der Waals surface area contributed by atoms with Crippen molar-refractivity contribution >= 4 is 26.0 Å². The number of alkyl halides is 1. The number of halogens is 1. The van der Waals surface area contributed by atoms with Crippen LogP contribution in [0.1, 0.15) is 18.4 Å². The second-order valence-electron chi connectivity index (χ2n) is 5.52. The molecule has 2 rings (SSSR count). The summed E-state index contributed by atoms with van der Waals surface area (Å²) in [5, 5.41) is 0.935. The van der Waals surface area contributed by atoms with Gasteiger partial charge in [-0.2, -0.15) is 4.31 Å². The summed E-state index contributed by atoms with van der Waals surface area (Å²) in [6, 6.07) is 9.85. The van der Waals surface area contributed by atoms with Crippen LogP contribution in [0.4, 0.5) is 0 Å². The number of hydrogen-bond acceptors (Lipinski definition) is 3. The quantitative estimate of drug-likeness (QED) is 0.716. The van der Waals surface area contributed by atoms with E-state index in [4.69, 9.17) is 0 Å². The highest BCUT2D eigenvalue weighted by molar-refractivity contribution is 9.09. The van der Waals surface area contributed by atoms with E-state index < -0.39 is 10.0 Å². The van der Waals surface area contributed by atoms with Crippen molar-refractivity contribution in [1.82, 2.24) is 9.21 Å². The molecule has 0 aromatic heterocycles. The molecule has 1 saturated heterocycles. The van der Waals surface area contributed by atoms with E-state index in [1.165, 1.54) is 0 Å². The average Bonchev–Trinajstić information content (AvgIpc) is 2.48. The predicted molar refractivity (Wildman–Crippen MR) is 90.5 cm³/mol. The Labute approximate surface area is 136 Å². The highest BCUT2D eigenvalue weighted by Gasteiger charge is 2.28. The van der Waals surface area contributed by atoms with E-state index in [1.807, 2.05) is 37.3 Å². The van der Waals surface area contributed by atoms with Gasteiger partial charge in [0.15, 0.2) is 0 Å². The standard InChI is InChI=1S/C15H23BrN2O2S/c1-14(15-5-3-2-4-6-15)13-21(19,20)18-11-9-17(8-7-16)10-12-18/h2-6,14H,7-13H2,1H3. The van der Waals surface area contributed by atoms with Crippen LogP contribution in [-0.4, -0.2) is 61.4 Å². The van der Waals surface area contributed by atoms with Crippen molar-refractivity contribution in [3.63, 3.8) is 0 Å². The largest absolute Gasteiger partial charge is 0.300 e. The van der Waals surface area contributed by atoms with E-state index in [0.717, 1.165) is 30.5 Å². The lowest BCUT2D eigenvalue weighted by Crippen LogP contribution is -2.49. The maximum absolute atomic E-state index is 12.5. The number of nitrogens with zero attached hydrogens (tertiary/aromatic N) is 2. The molecule has 0 N–H and O–H groups in total. The van der Waals surface area contributed by atoms with Gasteiger partial charge in [-0.3, -0.25) is 4.90 Å². The van der Waals surface area contributed by atoms with Crippen LogP contribution in [-0.2, 0) is 10.0 Å². The lowest BCUT2D eigenvalue weighted by Gasteiger charge is -2.34. The van der Waals surface area contributed by atoms with Crippen LogP contribution in [0, 0.1) is 0 Å². The smallest absolute Gasteiger partial charge is 0.214 e. The highest BCUT2D eigenvalue weighted by atomic mass is 79.9. The molecular formula is C15H23BrN2O2S. The Morgan fingerprint density at radius 3 is 2.33 bits per heavy atom. The van der Waals surface area contributed by atoms with Crippen molar-refractivity contribution in [1.29, 1.82) is 0 Å². The third kappa shape index (κ3) is 4.77. The maximum atomic E-state index is 12.5. The summed E-state index contributed by atoms with van der Waals surface area (Å²) < 4.78 is 26.7. The highest BCUT2D eigenvalue weighted by Crippen LogP contribution is 2.19. The minimum Gasteiger partial charge on any atom is -0.300 e. The lowest BCUT2D eigenvalue weighted by atomic mass is 10.0. The summed E-state index contributed by atoms with van der Waals surface area (Å²) in [6.45, 7) is 5.82. The van der Waals surface area contributed by atoms with Gasteiger partial charge in [-0.25, -0.2) is 8.42 Å². The monoisotopic (exact) mass is 374 g/mol. The first-order valence-electron chi connectivity index (χ1n) is 7.34. The Balaban J connectivity index is 1.93. The summed E-state index contributed by atoms with van der Waals surface area (Å²) in [5.74, 6) is 0.215. The molecule has 0 aliphatic carbocycles. The Hall–Kier alpha value is -0.430. The van der Waals surface area contributed by atoms with Gasteiger partial charge in [0.1, 0.15) is 0 Å². The Bertz CT molecular complexity index is 528. The number of benzene rings is 1. The Kier molecular flexibility index (Phi) is 6.22. The summed E-state index contributed by atoms with van der Waals surface area (Å²) >= 11 is 3.42. The van der Waals surface area contributed by atoms with E-state index >= 15 is 0 Å². The number of hydrogen-bond donors (Lipinski definition) is 0. The Morgan fingerprint density at radius 2 is 1.76 bits per heavy atom. The van der Waals surface area contributed by atoms with Gasteiger partial charge >= 0.3 is 0 Å². The van der Waals surface area contributed by atoms with Crippen molar-refractivity contribution in [3.05, 3.63) is 35.9 Å². The lowest BCUT2D eigenvalue weighted by molar-refractivity contribution is 0.198. The van der Waals surface area contributed by atoms with Crippen LogP contribution in [0.2, 0.25) is 0 Å². The number of sulfonamides is 1. The number of rotatable bonds is 6. The molecule has 0 amide bonds. The molecular weight excluding hydrogens is 352 g/mol. The van der Waals surface area contributed by atoms with E-state index in [1.54, 1.807) is 4.31 Å². The van der Waals surface area contributed by atoms with Crippen LogP contribution >= 0.6 is 15.9 Å². The molecule has 21 heavy (non-hydrogen) atoms. The molecule has 0 bridgehead atoms. The first-order valence-corrected chi connectivity index (χ1v) is 10.1. The maximum Gasteiger partial charge on any atom is 0.214 e. The van der Waals surface area contributed by atoms with Crippen molar-refractivity contribution in [2.75, 3.05) is 43.8 Å². The minimum atomic E-state index is -3.17. The minimum absolute atomic E-state index is 0.0248. The third-order valence-electron chi connectivity index (χ3n) is 3.95. The molecule has 1 heterocycles. The van der Waals surface area contributed by atoms with Gasteiger partial charge in [-0.15, -0.1) is 0 Å². The molecule has 1 aromatic rings. The molecule has 0 radical (unpaired) electrons. The molecule has 1 aromatic carbocycles. The fourth-order valence-corrected chi connectivity index (χ4v) is 4.91. The Morgan fingerprint density at radius 1 is 1.14 bits per heavy atom. The molecule has 6 heteroatoms. The molecule has 1 aliphatic rings. The zero-order valence-corrected chi connectivity index (χ0v) is 14.8. The summed E-state index contributed by atoms with van der Waals surface area (Å²) in [7, 11) is -3.17. The molecule has 1 unspecified atom stereocenters. The predicted octanol–water partition coefficient (Wildman–Crippen LogP) is 2.13. The van der Waals surface area contributed by atoms with Gasteiger partial charge < -0.3 is 0 Å². The molecule has 118 valence electrons. The van der Waals surface area contributed by atoms with E-state index in [-0.39, 0.29) is 11.7 Å². The summed E-state index contributed by atoms with van der Waals surface area (Å²) in [4.78, 5) is 2.29. The van der Waals surface area contributed by atoms with Crippen LogP contribution in [0.3, 0.4) is 0 Å². The third-order valence-corrected chi connectivity index (χ3v) is 6.38. The van der Waals surface area contributed by atoms with Crippen molar-refractivity contribution in [2.24, 2.45) is 0 Å². The number of piperazine rings is 1. The first-order chi connectivity index (χ1) is 10.0. The molecule has 1 atom stereocenters. The topological polar surface area (TPSA) is 40.6 Å². The SMILES string of the molecule is CC(CS(=O)(=O)N1CCN(CCBr)CC1)c1ccccc1. The van der Waals surface area contributed by atoms with Gasteiger partial charge in [0.2, 0.25) is 10.0 Å². The molecule has 0 spiro atoms. The first kappa shape index (κ1) is 16.9. The van der Waals surface area contributed by atoms with Crippen LogP contribution in [0.5, 0.6) is 0 Å². The fraction of sp³-hybridized carbons (Fsp3) is 0.600. The average molecular weight is 375 g/mol. The van der Waals surface area contributed by atoms with Gasteiger partial charge in [-0.05, 0) is 11.5 Å². The molecule has 4 nitrogen and oxygen atoms in total. The van der Waals surface area contributed by atoms with Crippen molar-refractivity contribution in [3.8, 4) is 0 Å². The van der Waals surface area contributed by atoms with Gasteiger partial charge in [0.05, 0.1) is 5.75 Å². The van der Waals surface area contributed by atoms with E-state index in [9.17, 15) is 8.42 Å². The second kappa shape index (κ2) is 7.72. The summed E-state index contributed by atoms with van der Waals surface area (Å²) in [5.41, 5.74) is 1.08. The fourth-order valence-electron chi connectivity index (χ4n) is 2.65. The second-order valence-corrected chi connectivity index (χ2v) is 8.33. The van der Waals surface area contributed by atoms with Crippen LogP contribution in [0.25, 0.3) is 0 Å². The molecule has 0 saturated carbocycles. The van der Waals surface area contributed by atoms with Gasteiger partial charge in [0.25, 0.3) is 0 Å². The zero-order valence-electron chi connectivity index (χ0n) is 12.4. The van der Waals surface area contributed by atoms with E-state index in [0.29, 0.717) is 13.1 Å². The normalized spacial score (nSPS) is 19.5.